The second-order valence-corrected chi connectivity index (χ2v) is 10.3. The molecule has 0 radical (unpaired) electrons. The second-order valence-electron chi connectivity index (χ2n) is 10.3. The maximum absolute atomic E-state index is 12.1. The van der Waals surface area contributed by atoms with E-state index in [2.05, 4.69) is 13.8 Å². The van der Waals surface area contributed by atoms with E-state index in [0.717, 1.165) is 24.0 Å². The molecule has 2 aliphatic carbocycles. The first-order valence-electron chi connectivity index (χ1n) is 13.1. The van der Waals surface area contributed by atoms with Crippen molar-refractivity contribution >= 4 is 12.2 Å². The summed E-state index contributed by atoms with van der Waals surface area (Å²) in [6.45, 7) is 4.56. The Kier molecular flexibility index (Phi) is 10.6. The van der Waals surface area contributed by atoms with E-state index >= 15 is 0 Å². The number of benzene rings is 2. The van der Waals surface area contributed by atoms with Gasteiger partial charge in [-0.1, -0.05) is 81.6 Å². The highest BCUT2D eigenvalue weighted by Crippen LogP contribution is 2.37. The lowest BCUT2D eigenvalue weighted by Gasteiger charge is -2.28. The second kappa shape index (κ2) is 13.7. The minimum atomic E-state index is -1.63. The van der Waals surface area contributed by atoms with E-state index in [1.54, 1.807) is 24.3 Å². The van der Waals surface area contributed by atoms with Gasteiger partial charge in [0.2, 0.25) is 0 Å². The van der Waals surface area contributed by atoms with Crippen LogP contribution in [-0.4, -0.2) is 0 Å². The van der Waals surface area contributed by atoms with E-state index in [-0.39, 0.29) is 0 Å². The summed E-state index contributed by atoms with van der Waals surface area (Å²) in [6, 6.07) is 15.2. The summed E-state index contributed by atoms with van der Waals surface area (Å²) < 4.78 is 48.4. The zero-order chi connectivity index (χ0) is 25.2. The fourth-order valence-corrected chi connectivity index (χ4v) is 5.48. The molecular formula is C31H38F4. The summed E-state index contributed by atoms with van der Waals surface area (Å²) in [5.74, 6) is 2.98. The van der Waals surface area contributed by atoms with Gasteiger partial charge < -0.3 is 0 Å². The first-order valence-corrected chi connectivity index (χ1v) is 13.1. The van der Waals surface area contributed by atoms with Crippen molar-refractivity contribution in [2.24, 2.45) is 11.8 Å². The molecular weight excluding hydrogens is 448 g/mol. The Morgan fingerprint density at radius 2 is 1.00 bits per heavy atom. The van der Waals surface area contributed by atoms with Crippen molar-refractivity contribution in [2.75, 3.05) is 0 Å². The monoisotopic (exact) mass is 486 g/mol. The maximum atomic E-state index is 12.1. The Balaban J connectivity index is 0.000000196. The molecule has 0 bridgehead atoms. The van der Waals surface area contributed by atoms with Crippen LogP contribution in [0.3, 0.4) is 0 Å². The Morgan fingerprint density at radius 3 is 1.34 bits per heavy atom. The summed E-state index contributed by atoms with van der Waals surface area (Å²) in [7, 11) is 0. The highest BCUT2D eigenvalue weighted by molar-refractivity contribution is 5.51. The van der Waals surface area contributed by atoms with Gasteiger partial charge in [-0.3, -0.25) is 0 Å². The number of hydrogen-bond acceptors (Lipinski definition) is 0. The topological polar surface area (TPSA) is 0 Å². The molecule has 190 valence electrons. The molecule has 0 N–H and O–H groups in total. The first kappa shape index (κ1) is 27.2. The molecule has 0 aromatic heterocycles. The van der Waals surface area contributed by atoms with E-state index in [4.69, 9.17) is 0 Å². The summed E-state index contributed by atoms with van der Waals surface area (Å²) >= 11 is 0. The van der Waals surface area contributed by atoms with E-state index in [0.29, 0.717) is 23.0 Å². The first-order chi connectivity index (χ1) is 16.8. The molecule has 0 saturated heterocycles. The van der Waals surface area contributed by atoms with E-state index in [1.165, 1.54) is 68.9 Å². The third-order valence-electron chi connectivity index (χ3n) is 7.81. The number of hydrogen-bond donors (Lipinski definition) is 0. The van der Waals surface area contributed by atoms with Crippen molar-refractivity contribution < 1.29 is 17.6 Å². The minimum Gasteiger partial charge on any atom is -0.173 e. The maximum Gasteiger partial charge on any atom is 0.270 e. The largest absolute Gasteiger partial charge is 0.270 e. The van der Waals surface area contributed by atoms with Gasteiger partial charge in [-0.25, -0.2) is 0 Å². The average Bonchev–Trinajstić information content (AvgIpc) is 2.85. The lowest BCUT2D eigenvalue weighted by atomic mass is 9.78. The molecule has 0 nitrogen and oxygen atoms in total. The molecule has 4 rings (SSSR count). The third-order valence-corrected chi connectivity index (χ3v) is 7.81. The molecule has 0 aliphatic heterocycles. The lowest BCUT2D eigenvalue weighted by molar-refractivity contribution is 0.319. The van der Waals surface area contributed by atoms with E-state index < -0.39 is 12.2 Å². The van der Waals surface area contributed by atoms with Crippen molar-refractivity contribution in [2.45, 2.75) is 83.5 Å². The lowest BCUT2D eigenvalue weighted by Crippen LogP contribution is -2.12. The Morgan fingerprint density at radius 1 is 0.629 bits per heavy atom. The molecule has 2 fully saturated rings. The van der Waals surface area contributed by atoms with Crippen LogP contribution in [0.1, 0.15) is 106 Å². The molecule has 0 heterocycles. The molecule has 0 amide bonds. The molecule has 2 aliphatic rings. The summed E-state index contributed by atoms with van der Waals surface area (Å²) in [6.07, 6.45) is 9.96. The van der Waals surface area contributed by atoms with Crippen LogP contribution in [0.25, 0.3) is 12.2 Å². The van der Waals surface area contributed by atoms with Crippen molar-refractivity contribution in [3.05, 3.63) is 82.9 Å². The Labute approximate surface area is 208 Å². The molecule has 2 aromatic rings. The van der Waals surface area contributed by atoms with Crippen LogP contribution in [-0.2, 0) is 0 Å². The SMILES string of the molecule is CC1CCC(c2ccc(C=C(F)F)cc2)CC1.CCC1CCC(c2ccc(C=C(F)F)cc2)CC1. The third kappa shape index (κ3) is 8.98. The molecule has 0 atom stereocenters. The fourth-order valence-electron chi connectivity index (χ4n) is 5.48. The average molecular weight is 487 g/mol. The predicted molar refractivity (Wildman–Crippen MR) is 139 cm³/mol. The van der Waals surface area contributed by atoms with Crippen molar-refractivity contribution in [1.82, 2.24) is 0 Å². The van der Waals surface area contributed by atoms with Gasteiger partial charge in [0.15, 0.2) is 0 Å². The molecule has 2 aromatic carbocycles. The van der Waals surface area contributed by atoms with Crippen molar-refractivity contribution in [1.29, 1.82) is 0 Å². The molecule has 35 heavy (non-hydrogen) atoms. The summed E-state index contributed by atoms with van der Waals surface area (Å²) in [5.41, 5.74) is 3.77. The molecule has 0 spiro atoms. The zero-order valence-electron chi connectivity index (χ0n) is 21.0. The van der Waals surface area contributed by atoms with Gasteiger partial charge in [-0.2, -0.15) is 17.6 Å². The fraction of sp³-hybridized carbons (Fsp3) is 0.484. The van der Waals surface area contributed by atoms with E-state index in [9.17, 15) is 17.6 Å². The normalized spacial score (nSPS) is 24.1. The minimum absolute atomic E-state index is 0.581. The van der Waals surface area contributed by atoms with Gasteiger partial charge >= 0.3 is 0 Å². The van der Waals surface area contributed by atoms with Crippen LogP contribution >= 0.6 is 0 Å². The Hall–Kier alpha value is -2.36. The summed E-state index contributed by atoms with van der Waals surface area (Å²) in [4.78, 5) is 0. The van der Waals surface area contributed by atoms with Gasteiger partial charge in [0.25, 0.3) is 12.2 Å². The van der Waals surface area contributed by atoms with Gasteiger partial charge in [-0.05, 0) is 84.5 Å². The van der Waals surface area contributed by atoms with Gasteiger partial charge in [0.1, 0.15) is 0 Å². The highest BCUT2D eigenvalue weighted by atomic mass is 19.3. The molecule has 2 saturated carbocycles. The van der Waals surface area contributed by atoms with Crippen LogP contribution in [0.5, 0.6) is 0 Å². The number of halogens is 4. The van der Waals surface area contributed by atoms with Crippen molar-refractivity contribution in [3.63, 3.8) is 0 Å². The van der Waals surface area contributed by atoms with E-state index in [1.807, 2.05) is 24.3 Å². The zero-order valence-corrected chi connectivity index (χ0v) is 21.0. The summed E-state index contributed by atoms with van der Waals surface area (Å²) in [5, 5.41) is 0. The van der Waals surface area contributed by atoms with Gasteiger partial charge in [0, 0.05) is 12.2 Å². The van der Waals surface area contributed by atoms with Crippen LogP contribution < -0.4 is 0 Å². The van der Waals surface area contributed by atoms with Crippen molar-refractivity contribution in [3.8, 4) is 0 Å². The Bertz CT molecular complexity index is 934. The number of rotatable bonds is 5. The smallest absolute Gasteiger partial charge is 0.173 e. The van der Waals surface area contributed by atoms with Crippen LogP contribution in [0.2, 0.25) is 0 Å². The van der Waals surface area contributed by atoms with Crippen LogP contribution in [0.15, 0.2) is 60.7 Å². The van der Waals surface area contributed by atoms with Gasteiger partial charge in [0.05, 0.1) is 0 Å². The standard InChI is InChI=1S/C16H20F2.C15H18F2/c1-2-12-3-7-14(8-4-12)15-9-5-13(6-10-15)11-16(17)18;1-11-2-6-13(7-3-11)14-8-4-12(5-9-14)10-15(16)17/h5-6,9-12,14H,2-4,7-8H2,1H3;4-5,8-11,13H,2-3,6-7H2,1H3. The van der Waals surface area contributed by atoms with Gasteiger partial charge in [-0.15, -0.1) is 0 Å². The van der Waals surface area contributed by atoms with Crippen LogP contribution in [0.4, 0.5) is 17.6 Å². The highest BCUT2D eigenvalue weighted by Gasteiger charge is 2.21. The molecule has 0 unspecified atom stereocenters. The predicted octanol–water partition coefficient (Wildman–Crippen LogP) is 10.8. The quantitative estimate of drug-likeness (QED) is 0.369. The van der Waals surface area contributed by atoms with Crippen LogP contribution in [0, 0.1) is 11.8 Å². The molecule has 4 heteroatoms.